The molecule has 1 unspecified atom stereocenters. The summed E-state index contributed by atoms with van der Waals surface area (Å²) in [6, 6.07) is 10.2. The fourth-order valence-electron chi connectivity index (χ4n) is 2.05. The lowest BCUT2D eigenvalue weighted by molar-refractivity contribution is 0.902. The first-order chi connectivity index (χ1) is 8.75. The van der Waals surface area contributed by atoms with Gasteiger partial charge in [0.05, 0.1) is 6.04 Å². The number of fused-ring (bicyclic) bond motifs is 1. The molecule has 0 fully saturated rings. The average molecular weight is 319 g/mol. The van der Waals surface area contributed by atoms with Crippen molar-refractivity contribution in [2.45, 2.75) is 6.04 Å². The number of pyridine rings is 1. The first kappa shape index (κ1) is 11.8. The molecule has 3 aromatic rings. The summed E-state index contributed by atoms with van der Waals surface area (Å²) < 4.78 is 1.08. The van der Waals surface area contributed by atoms with Crippen LogP contribution < -0.4 is 5.73 Å². The third-order valence-electron chi connectivity index (χ3n) is 2.95. The summed E-state index contributed by atoms with van der Waals surface area (Å²) in [5, 5.41) is 4.35. The zero-order chi connectivity index (χ0) is 12.5. The lowest BCUT2D eigenvalue weighted by Gasteiger charge is -2.12. The van der Waals surface area contributed by atoms with Gasteiger partial charge in [-0.3, -0.25) is 4.98 Å². The van der Waals surface area contributed by atoms with Gasteiger partial charge >= 0.3 is 0 Å². The Hall–Kier alpha value is -1.23. The zero-order valence-electron chi connectivity index (χ0n) is 9.51. The van der Waals surface area contributed by atoms with Crippen LogP contribution >= 0.6 is 27.3 Å². The molecule has 0 radical (unpaired) electrons. The van der Waals surface area contributed by atoms with E-state index in [0.29, 0.717) is 0 Å². The molecule has 3 rings (SSSR count). The Balaban J connectivity index is 2.14. The van der Waals surface area contributed by atoms with E-state index in [1.165, 1.54) is 5.39 Å². The lowest BCUT2D eigenvalue weighted by atomic mass is 10.00. The van der Waals surface area contributed by atoms with Crippen LogP contribution in [-0.4, -0.2) is 4.98 Å². The van der Waals surface area contributed by atoms with Gasteiger partial charge in [-0.05, 0) is 39.0 Å². The number of aromatic nitrogens is 1. The molecule has 2 nitrogen and oxygen atoms in total. The molecule has 1 atom stereocenters. The Morgan fingerprint density at radius 2 is 2.17 bits per heavy atom. The van der Waals surface area contributed by atoms with Gasteiger partial charge in [-0.1, -0.05) is 18.2 Å². The third kappa shape index (κ3) is 2.07. The smallest absolute Gasteiger partial charge is 0.0653 e. The predicted molar refractivity (Wildman–Crippen MR) is 79.8 cm³/mol. The first-order valence-corrected chi connectivity index (χ1v) is 7.25. The maximum atomic E-state index is 6.36. The second-order valence-corrected chi connectivity index (χ2v) is 5.95. The predicted octanol–water partition coefficient (Wildman–Crippen LogP) is 4.11. The van der Waals surface area contributed by atoms with Crippen LogP contribution in [0.2, 0.25) is 0 Å². The molecule has 4 heteroatoms. The highest BCUT2D eigenvalue weighted by Crippen LogP contribution is 2.31. The van der Waals surface area contributed by atoms with Crippen LogP contribution in [0.4, 0.5) is 0 Å². The van der Waals surface area contributed by atoms with Crippen LogP contribution in [0, 0.1) is 0 Å². The number of rotatable bonds is 2. The third-order valence-corrected chi connectivity index (χ3v) is 4.72. The van der Waals surface area contributed by atoms with Gasteiger partial charge < -0.3 is 5.73 Å². The average Bonchev–Trinajstić information content (AvgIpc) is 2.84. The standard InChI is InChI=1S/C14H11BrN2S/c15-10-6-13(18-8-10)14(16)11-3-1-2-9-4-5-17-7-12(9)11/h1-8,14H,16H2. The van der Waals surface area contributed by atoms with Crippen LogP contribution in [0.1, 0.15) is 16.5 Å². The number of nitrogens with zero attached hydrogens (tertiary/aromatic N) is 1. The summed E-state index contributed by atoms with van der Waals surface area (Å²) in [4.78, 5) is 5.34. The van der Waals surface area contributed by atoms with E-state index in [1.807, 2.05) is 18.3 Å². The molecule has 0 aliphatic heterocycles. The molecule has 0 saturated carbocycles. The molecule has 0 bridgehead atoms. The molecule has 2 aromatic heterocycles. The fraction of sp³-hybridized carbons (Fsp3) is 0.0714. The molecule has 90 valence electrons. The summed E-state index contributed by atoms with van der Waals surface area (Å²) in [6.07, 6.45) is 3.69. The number of hydrogen-bond donors (Lipinski definition) is 1. The normalized spacial score (nSPS) is 12.8. The molecule has 0 spiro atoms. The Labute approximate surface area is 118 Å². The molecule has 18 heavy (non-hydrogen) atoms. The van der Waals surface area contributed by atoms with Crippen molar-refractivity contribution in [1.82, 2.24) is 4.98 Å². The molecule has 2 N–H and O–H groups in total. The minimum absolute atomic E-state index is 0.103. The highest BCUT2D eigenvalue weighted by atomic mass is 79.9. The highest BCUT2D eigenvalue weighted by Gasteiger charge is 2.13. The van der Waals surface area contributed by atoms with Gasteiger partial charge in [0.1, 0.15) is 0 Å². The van der Waals surface area contributed by atoms with Crippen LogP contribution in [0.5, 0.6) is 0 Å². The number of nitrogens with two attached hydrogens (primary N) is 1. The summed E-state index contributed by atoms with van der Waals surface area (Å²) >= 11 is 5.13. The Morgan fingerprint density at radius 1 is 1.28 bits per heavy atom. The van der Waals surface area contributed by atoms with Crippen LogP contribution in [0.15, 0.2) is 52.6 Å². The van der Waals surface area contributed by atoms with E-state index < -0.39 is 0 Å². The van der Waals surface area contributed by atoms with E-state index >= 15 is 0 Å². The summed E-state index contributed by atoms with van der Waals surface area (Å²) in [7, 11) is 0. The molecule has 0 aliphatic rings. The second-order valence-electron chi connectivity index (χ2n) is 4.09. The van der Waals surface area contributed by atoms with Gasteiger partial charge in [0.2, 0.25) is 0 Å². The summed E-state index contributed by atoms with van der Waals surface area (Å²) in [5.74, 6) is 0. The van der Waals surface area contributed by atoms with Crippen LogP contribution in [-0.2, 0) is 0 Å². The second kappa shape index (κ2) is 4.80. The van der Waals surface area contributed by atoms with Crippen molar-refractivity contribution in [3.05, 3.63) is 63.0 Å². The van der Waals surface area contributed by atoms with Crippen molar-refractivity contribution in [2.24, 2.45) is 5.73 Å². The minimum Gasteiger partial charge on any atom is -0.320 e. The number of hydrogen-bond acceptors (Lipinski definition) is 3. The number of benzene rings is 1. The first-order valence-electron chi connectivity index (χ1n) is 5.58. The molecule has 2 heterocycles. The molecule has 1 aromatic carbocycles. The Bertz CT molecular complexity index is 688. The van der Waals surface area contributed by atoms with Crippen molar-refractivity contribution in [2.75, 3.05) is 0 Å². The summed E-state index contributed by atoms with van der Waals surface area (Å²) in [5.41, 5.74) is 7.48. The molecule has 0 saturated heterocycles. The van der Waals surface area contributed by atoms with Crippen LogP contribution in [0.25, 0.3) is 10.8 Å². The maximum Gasteiger partial charge on any atom is 0.0653 e. The monoisotopic (exact) mass is 318 g/mol. The lowest BCUT2D eigenvalue weighted by Crippen LogP contribution is -2.10. The van der Waals surface area contributed by atoms with Gasteiger partial charge in [-0.2, -0.15) is 0 Å². The molecule has 0 aliphatic carbocycles. The van der Waals surface area contributed by atoms with Crippen LogP contribution in [0.3, 0.4) is 0 Å². The van der Waals surface area contributed by atoms with Crippen molar-refractivity contribution in [3.63, 3.8) is 0 Å². The van der Waals surface area contributed by atoms with Crippen molar-refractivity contribution in [1.29, 1.82) is 0 Å². The largest absolute Gasteiger partial charge is 0.320 e. The Morgan fingerprint density at radius 3 is 2.94 bits per heavy atom. The number of thiophene rings is 1. The van der Waals surface area contributed by atoms with Gasteiger partial charge in [0, 0.05) is 32.5 Å². The fourth-order valence-corrected chi connectivity index (χ4v) is 3.52. The van der Waals surface area contributed by atoms with Gasteiger partial charge in [-0.25, -0.2) is 0 Å². The van der Waals surface area contributed by atoms with E-state index in [4.69, 9.17) is 5.73 Å². The molecule has 0 amide bonds. The topological polar surface area (TPSA) is 38.9 Å². The SMILES string of the molecule is NC(c1cc(Br)cs1)c1cccc2ccncc12. The number of halogens is 1. The molecular formula is C14H11BrN2S. The van der Waals surface area contributed by atoms with Crippen molar-refractivity contribution < 1.29 is 0 Å². The van der Waals surface area contributed by atoms with E-state index in [-0.39, 0.29) is 6.04 Å². The Kier molecular flexibility index (Phi) is 3.16. The van der Waals surface area contributed by atoms with E-state index in [1.54, 1.807) is 17.5 Å². The van der Waals surface area contributed by atoms with Crippen molar-refractivity contribution >= 4 is 38.0 Å². The van der Waals surface area contributed by atoms with E-state index in [0.717, 1.165) is 20.3 Å². The van der Waals surface area contributed by atoms with Gasteiger partial charge in [-0.15, -0.1) is 11.3 Å². The maximum absolute atomic E-state index is 6.36. The summed E-state index contributed by atoms with van der Waals surface area (Å²) in [6.45, 7) is 0. The van der Waals surface area contributed by atoms with E-state index in [2.05, 4.69) is 44.5 Å². The van der Waals surface area contributed by atoms with Gasteiger partial charge in [0.25, 0.3) is 0 Å². The minimum atomic E-state index is -0.103. The quantitative estimate of drug-likeness (QED) is 0.772. The van der Waals surface area contributed by atoms with Crippen molar-refractivity contribution in [3.8, 4) is 0 Å². The van der Waals surface area contributed by atoms with Gasteiger partial charge in [0.15, 0.2) is 0 Å². The highest BCUT2D eigenvalue weighted by molar-refractivity contribution is 9.10. The van der Waals surface area contributed by atoms with E-state index in [9.17, 15) is 0 Å². The molecular weight excluding hydrogens is 308 g/mol. The zero-order valence-corrected chi connectivity index (χ0v) is 11.9.